The van der Waals surface area contributed by atoms with Crippen molar-refractivity contribution in [2.75, 3.05) is 18.5 Å². The molecule has 0 radical (unpaired) electrons. The second-order valence-electron chi connectivity index (χ2n) is 6.94. The molecule has 2 heterocycles. The fourth-order valence-electron chi connectivity index (χ4n) is 3.20. The zero-order valence-electron chi connectivity index (χ0n) is 16.5. The van der Waals surface area contributed by atoms with Crippen LogP contribution in [0, 0.1) is 5.82 Å². The number of halogens is 1. The maximum atomic E-state index is 13.1. The number of carbonyl (C=O) groups excluding carboxylic acids is 1. The molecule has 1 aliphatic heterocycles. The summed E-state index contributed by atoms with van der Waals surface area (Å²) < 4.78 is 24.1. The van der Waals surface area contributed by atoms with E-state index < -0.39 is 0 Å². The Kier molecular flexibility index (Phi) is 5.12. The quantitative estimate of drug-likeness (QED) is 0.463. The summed E-state index contributed by atoms with van der Waals surface area (Å²) >= 11 is 5.27. The van der Waals surface area contributed by atoms with E-state index in [9.17, 15) is 9.18 Å². The fourth-order valence-corrected chi connectivity index (χ4v) is 3.41. The Morgan fingerprint density at radius 3 is 2.50 bits per heavy atom. The van der Waals surface area contributed by atoms with Crippen LogP contribution >= 0.6 is 12.2 Å². The maximum Gasteiger partial charge on any atom is 0.257 e. The molecular weight excluding hydrogens is 433 g/mol. The molecule has 1 aliphatic rings. The summed E-state index contributed by atoms with van der Waals surface area (Å²) in [7, 11) is 0. The number of hydrogen-bond donors (Lipinski definition) is 2. The minimum absolute atomic E-state index is 0.134. The first kappa shape index (κ1) is 19.9. The molecule has 1 aromatic heterocycles. The molecule has 0 fully saturated rings. The van der Waals surface area contributed by atoms with Crippen LogP contribution in [0.4, 0.5) is 10.1 Å². The number of nitrogens with zero attached hydrogens (tertiary/aromatic N) is 3. The van der Waals surface area contributed by atoms with E-state index >= 15 is 0 Å². The molecule has 160 valence electrons. The van der Waals surface area contributed by atoms with Gasteiger partial charge in [-0.2, -0.15) is 4.80 Å². The van der Waals surface area contributed by atoms with Crippen molar-refractivity contribution in [3.63, 3.8) is 0 Å². The Morgan fingerprint density at radius 1 is 0.938 bits per heavy atom. The summed E-state index contributed by atoms with van der Waals surface area (Å²) in [5.41, 5.74) is 2.94. The number of hydrogen-bond acceptors (Lipinski definition) is 6. The predicted molar refractivity (Wildman–Crippen MR) is 120 cm³/mol. The number of rotatable bonds is 3. The fraction of sp³-hybridized carbons (Fsp3) is 0.0909. The van der Waals surface area contributed by atoms with Gasteiger partial charge in [0.2, 0.25) is 0 Å². The van der Waals surface area contributed by atoms with Crippen LogP contribution in [-0.2, 0) is 0 Å². The molecule has 0 bridgehead atoms. The van der Waals surface area contributed by atoms with Crippen LogP contribution in [0.1, 0.15) is 10.4 Å². The topological polar surface area (TPSA) is 90.3 Å². The minimum atomic E-state index is -0.372. The molecule has 8 nitrogen and oxygen atoms in total. The smallest absolute Gasteiger partial charge is 0.257 e. The average molecular weight is 449 g/mol. The zero-order chi connectivity index (χ0) is 22.1. The highest BCUT2D eigenvalue weighted by molar-refractivity contribution is 7.80. The van der Waals surface area contributed by atoms with Gasteiger partial charge in [-0.15, -0.1) is 10.2 Å². The first-order valence-electron chi connectivity index (χ1n) is 9.70. The van der Waals surface area contributed by atoms with Gasteiger partial charge < -0.3 is 14.8 Å². The highest BCUT2D eigenvalue weighted by atomic mass is 32.1. The standard InChI is InChI=1S/C22H16FN5O3S/c23-14-2-5-16(6-3-14)28-26-17-7-4-15(12-18(17)27-28)24-22(32)25-21(29)13-1-8-19-20(11-13)31-10-9-30-19/h1-8,11-12H,9-10H2,(H2,24,25,29,32). The Balaban J connectivity index is 1.28. The van der Waals surface area contributed by atoms with E-state index in [-0.39, 0.29) is 16.8 Å². The van der Waals surface area contributed by atoms with Crippen LogP contribution in [0.15, 0.2) is 60.7 Å². The number of benzene rings is 3. The van der Waals surface area contributed by atoms with Crippen molar-refractivity contribution in [3.05, 3.63) is 72.0 Å². The largest absolute Gasteiger partial charge is 0.486 e. The normalized spacial score (nSPS) is 12.4. The SMILES string of the molecule is O=C(NC(=S)Nc1ccc2nn(-c3ccc(F)cc3)nc2c1)c1ccc2c(c1)OCCO2. The van der Waals surface area contributed by atoms with Crippen molar-refractivity contribution in [1.82, 2.24) is 20.3 Å². The van der Waals surface area contributed by atoms with Crippen molar-refractivity contribution < 1.29 is 18.7 Å². The zero-order valence-corrected chi connectivity index (χ0v) is 17.4. The summed E-state index contributed by atoms with van der Waals surface area (Å²) in [4.78, 5) is 14.0. The van der Waals surface area contributed by atoms with Crippen LogP contribution in [0.5, 0.6) is 11.5 Å². The van der Waals surface area contributed by atoms with Crippen LogP contribution in [0.2, 0.25) is 0 Å². The molecule has 32 heavy (non-hydrogen) atoms. The molecule has 2 N–H and O–H groups in total. The second kappa shape index (κ2) is 8.23. The van der Waals surface area contributed by atoms with Crippen molar-refractivity contribution >= 4 is 40.0 Å². The third-order valence-electron chi connectivity index (χ3n) is 4.73. The molecule has 1 amide bonds. The molecule has 0 atom stereocenters. The summed E-state index contributed by atoms with van der Waals surface area (Å²) in [6, 6.07) is 16.1. The number of aromatic nitrogens is 3. The highest BCUT2D eigenvalue weighted by Crippen LogP contribution is 2.30. The lowest BCUT2D eigenvalue weighted by Gasteiger charge is -2.18. The van der Waals surface area contributed by atoms with E-state index in [1.807, 2.05) is 0 Å². The van der Waals surface area contributed by atoms with Crippen LogP contribution in [0.3, 0.4) is 0 Å². The lowest BCUT2D eigenvalue weighted by Crippen LogP contribution is -2.34. The number of nitrogens with one attached hydrogen (secondary N) is 2. The Hall–Kier alpha value is -4.05. The number of carbonyl (C=O) groups is 1. The van der Waals surface area contributed by atoms with Gasteiger partial charge in [-0.05, 0) is 72.9 Å². The van der Waals surface area contributed by atoms with Gasteiger partial charge in [0.25, 0.3) is 5.91 Å². The van der Waals surface area contributed by atoms with Gasteiger partial charge in [-0.1, -0.05) is 0 Å². The van der Waals surface area contributed by atoms with Gasteiger partial charge in [-0.25, -0.2) is 4.39 Å². The van der Waals surface area contributed by atoms with E-state index in [4.69, 9.17) is 21.7 Å². The van der Waals surface area contributed by atoms with E-state index in [1.165, 1.54) is 16.9 Å². The van der Waals surface area contributed by atoms with Crippen molar-refractivity contribution in [2.24, 2.45) is 0 Å². The monoisotopic (exact) mass is 449 g/mol. The van der Waals surface area contributed by atoms with E-state index in [0.29, 0.717) is 52.7 Å². The van der Waals surface area contributed by atoms with Crippen molar-refractivity contribution in [1.29, 1.82) is 0 Å². The summed E-state index contributed by atoms with van der Waals surface area (Å²) in [5, 5.41) is 14.6. The Bertz CT molecular complexity index is 1340. The molecule has 0 aliphatic carbocycles. The van der Waals surface area contributed by atoms with Gasteiger partial charge in [-0.3, -0.25) is 10.1 Å². The number of anilines is 1. The van der Waals surface area contributed by atoms with E-state index in [0.717, 1.165) is 0 Å². The number of ether oxygens (including phenoxy) is 2. The summed E-state index contributed by atoms with van der Waals surface area (Å²) in [6.07, 6.45) is 0. The molecule has 0 saturated carbocycles. The molecule has 0 unspecified atom stereocenters. The van der Waals surface area contributed by atoms with Gasteiger partial charge >= 0.3 is 0 Å². The number of fused-ring (bicyclic) bond motifs is 2. The molecule has 0 spiro atoms. The van der Waals surface area contributed by atoms with Gasteiger partial charge in [0.1, 0.15) is 30.1 Å². The third-order valence-corrected chi connectivity index (χ3v) is 4.93. The summed E-state index contributed by atoms with van der Waals surface area (Å²) in [5.74, 6) is 0.430. The van der Waals surface area contributed by atoms with Gasteiger partial charge in [0, 0.05) is 11.3 Å². The van der Waals surface area contributed by atoms with Crippen LogP contribution < -0.4 is 20.1 Å². The van der Waals surface area contributed by atoms with E-state index in [2.05, 4.69) is 20.8 Å². The second-order valence-corrected chi connectivity index (χ2v) is 7.34. The van der Waals surface area contributed by atoms with E-state index in [1.54, 1.807) is 48.5 Å². The Labute approximate surface area is 186 Å². The lowest BCUT2D eigenvalue weighted by molar-refractivity contribution is 0.0976. The molecular formula is C22H16FN5O3S. The molecule has 5 rings (SSSR count). The average Bonchev–Trinajstić information content (AvgIpc) is 3.22. The predicted octanol–water partition coefficient (Wildman–Crippen LogP) is 3.46. The van der Waals surface area contributed by atoms with Crippen LogP contribution in [-0.4, -0.2) is 39.2 Å². The molecule has 10 heteroatoms. The molecule has 0 saturated heterocycles. The molecule has 4 aromatic rings. The first-order chi connectivity index (χ1) is 15.5. The number of amides is 1. The first-order valence-corrected chi connectivity index (χ1v) is 10.1. The summed E-state index contributed by atoms with van der Waals surface area (Å²) in [6.45, 7) is 0.918. The molecule has 3 aromatic carbocycles. The minimum Gasteiger partial charge on any atom is -0.486 e. The van der Waals surface area contributed by atoms with Crippen molar-refractivity contribution in [2.45, 2.75) is 0 Å². The van der Waals surface area contributed by atoms with Crippen LogP contribution in [0.25, 0.3) is 16.7 Å². The lowest BCUT2D eigenvalue weighted by atomic mass is 10.2. The third kappa shape index (κ3) is 4.08. The maximum absolute atomic E-state index is 13.1. The Morgan fingerprint density at radius 2 is 1.69 bits per heavy atom. The number of thiocarbonyl (C=S) groups is 1. The van der Waals surface area contributed by atoms with Gasteiger partial charge in [0.15, 0.2) is 16.6 Å². The highest BCUT2D eigenvalue weighted by Gasteiger charge is 2.16. The van der Waals surface area contributed by atoms with Crippen molar-refractivity contribution in [3.8, 4) is 17.2 Å². The van der Waals surface area contributed by atoms with Gasteiger partial charge in [0.05, 0.1) is 5.69 Å².